The van der Waals surface area contributed by atoms with E-state index in [1.54, 1.807) is 36.5 Å². The number of phenols is 1. The van der Waals surface area contributed by atoms with E-state index in [0.29, 0.717) is 16.8 Å². The molecule has 1 aromatic heterocycles. The van der Waals surface area contributed by atoms with E-state index >= 15 is 0 Å². The third-order valence-corrected chi connectivity index (χ3v) is 3.28. The van der Waals surface area contributed by atoms with Crippen LogP contribution in [-0.2, 0) is 4.79 Å². The van der Waals surface area contributed by atoms with Crippen LogP contribution >= 0.6 is 0 Å². The molecule has 0 aliphatic rings. The summed E-state index contributed by atoms with van der Waals surface area (Å²) in [4.78, 5) is 16.1. The van der Waals surface area contributed by atoms with E-state index in [2.05, 4.69) is 15.5 Å². The molecule has 0 saturated heterocycles. The minimum atomic E-state index is -0.408. The van der Waals surface area contributed by atoms with Gasteiger partial charge in [0.25, 0.3) is 5.91 Å². The van der Waals surface area contributed by atoms with E-state index in [1.165, 1.54) is 6.21 Å². The molecular weight excluding hydrogens is 306 g/mol. The van der Waals surface area contributed by atoms with Crippen molar-refractivity contribution < 1.29 is 14.6 Å². The average Bonchev–Trinajstić information content (AvgIpc) is 2.61. The number of ether oxygens (including phenoxy) is 1. The van der Waals surface area contributed by atoms with Gasteiger partial charge in [0.05, 0.1) is 6.21 Å². The van der Waals surface area contributed by atoms with E-state index in [0.717, 1.165) is 5.39 Å². The summed E-state index contributed by atoms with van der Waals surface area (Å²) in [6.45, 7) is -0.187. The molecule has 24 heavy (non-hydrogen) atoms. The van der Waals surface area contributed by atoms with E-state index in [9.17, 15) is 9.90 Å². The zero-order valence-corrected chi connectivity index (χ0v) is 12.7. The van der Waals surface area contributed by atoms with Gasteiger partial charge in [0.2, 0.25) is 0 Å². The molecule has 0 unspecified atom stereocenters. The number of pyridine rings is 1. The second-order valence-electron chi connectivity index (χ2n) is 4.97. The van der Waals surface area contributed by atoms with Gasteiger partial charge in [-0.3, -0.25) is 9.78 Å². The molecule has 0 saturated carbocycles. The summed E-state index contributed by atoms with van der Waals surface area (Å²) in [6, 6.07) is 16.0. The lowest BCUT2D eigenvalue weighted by Crippen LogP contribution is -2.24. The average molecular weight is 321 g/mol. The number of hydrogen-bond acceptors (Lipinski definition) is 5. The fourth-order valence-corrected chi connectivity index (χ4v) is 2.14. The number of nitrogens with one attached hydrogen (secondary N) is 1. The Kier molecular flexibility index (Phi) is 4.67. The maximum absolute atomic E-state index is 11.8. The van der Waals surface area contributed by atoms with Crippen molar-refractivity contribution in [1.82, 2.24) is 10.4 Å². The summed E-state index contributed by atoms with van der Waals surface area (Å²) in [5.41, 5.74) is 3.56. The first-order valence-electron chi connectivity index (χ1n) is 7.30. The fraction of sp³-hybridized carbons (Fsp3) is 0.0556. The highest BCUT2D eigenvalue weighted by atomic mass is 16.5. The smallest absolute Gasteiger partial charge is 0.277 e. The van der Waals surface area contributed by atoms with Crippen molar-refractivity contribution >= 4 is 23.0 Å². The molecule has 6 nitrogen and oxygen atoms in total. The maximum atomic E-state index is 11.8. The zero-order valence-electron chi connectivity index (χ0n) is 12.7. The van der Waals surface area contributed by atoms with Crippen LogP contribution in [0.3, 0.4) is 0 Å². The Bertz CT molecular complexity index is 888. The lowest BCUT2D eigenvalue weighted by molar-refractivity contribution is -0.123. The molecule has 0 bridgehead atoms. The molecular formula is C18H15N3O3. The first-order valence-corrected chi connectivity index (χ1v) is 7.30. The number of hydrogen-bond donors (Lipinski definition) is 2. The van der Waals surface area contributed by atoms with Crippen LogP contribution in [0.15, 0.2) is 65.9 Å². The highest BCUT2D eigenvalue weighted by Crippen LogP contribution is 2.22. The number of carbonyl (C=O) groups is 1. The standard InChI is InChI=1S/C18H15N3O3/c22-15-8-2-1-5-14(15)11-20-21-17(23)12-24-16-9-3-6-13-7-4-10-19-18(13)16/h1-11,22H,12H2,(H,21,23). The van der Waals surface area contributed by atoms with Crippen LogP contribution in [-0.4, -0.2) is 28.8 Å². The van der Waals surface area contributed by atoms with Crippen LogP contribution in [0.5, 0.6) is 11.5 Å². The number of aromatic nitrogens is 1. The van der Waals surface area contributed by atoms with Gasteiger partial charge >= 0.3 is 0 Å². The summed E-state index contributed by atoms with van der Waals surface area (Å²) in [6.07, 6.45) is 3.04. The Morgan fingerprint density at radius 1 is 1.17 bits per heavy atom. The number of hydrazone groups is 1. The third kappa shape index (κ3) is 3.67. The lowest BCUT2D eigenvalue weighted by Gasteiger charge is -2.07. The van der Waals surface area contributed by atoms with E-state index in [1.807, 2.05) is 24.3 Å². The van der Waals surface area contributed by atoms with Gasteiger partial charge in [0.15, 0.2) is 6.61 Å². The van der Waals surface area contributed by atoms with Gasteiger partial charge in [-0.1, -0.05) is 30.3 Å². The van der Waals surface area contributed by atoms with Crippen molar-refractivity contribution in [2.24, 2.45) is 5.10 Å². The number of fused-ring (bicyclic) bond motifs is 1. The predicted octanol–water partition coefficient (Wildman–Crippen LogP) is 2.47. The van der Waals surface area contributed by atoms with Crippen molar-refractivity contribution in [1.29, 1.82) is 0 Å². The van der Waals surface area contributed by atoms with Crippen LogP contribution in [0.1, 0.15) is 5.56 Å². The summed E-state index contributed by atoms with van der Waals surface area (Å²) in [7, 11) is 0. The molecule has 0 aliphatic heterocycles. The van der Waals surface area contributed by atoms with Gasteiger partial charge < -0.3 is 9.84 Å². The third-order valence-electron chi connectivity index (χ3n) is 3.28. The molecule has 6 heteroatoms. The van der Waals surface area contributed by atoms with Crippen molar-refractivity contribution in [2.45, 2.75) is 0 Å². The quantitative estimate of drug-likeness (QED) is 0.558. The van der Waals surface area contributed by atoms with Gasteiger partial charge in [-0.05, 0) is 24.3 Å². The maximum Gasteiger partial charge on any atom is 0.277 e. The summed E-state index contributed by atoms with van der Waals surface area (Å²) < 4.78 is 5.51. The second-order valence-corrected chi connectivity index (χ2v) is 4.97. The van der Waals surface area contributed by atoms with Crippen LogP contribution in [0.2, 0.25) is 0 Å². The number of benzene rings is 2. The first-order chi connectivity index (χ1) is 11.7. The molecule has 2 aromatic carbocycles. The second kappa shape index (κ2) is 7.23. The topological polar surface area (TPSA) is 83.8 Å². The molecule has 0 spiro atoms. The van der Waals surface area contributed by atoms with Crippen molar-refractivity contribution in [3.63, 3.8) is 0 Å². The highest BCUT2D eigenvalue weighted by Gasteiger charge is 2.06. The van der Waals surface area contributed by atoms with Gasteiger partial charge in [-0.2, -0.15) is 5.10 Å². The molecule has 0 radical (unpaired) electrons. The van der Waals surface area contributed by atoms with E-state index in [-0.39, 0.29) is 12.4 Å². The first kappa shape index (κ1) is 15.5. The Labute approximate surface area is 138 Å². The molecule has 1 amide bonds. The Hall–Kier alpha value is -3.41. The minimum Gasteiger partial charge on any atom is -0.507 e. The van der Waals surface area contributed by atoms with Gasteiger partial charge in [0, 0.05) is 17.1 Å². The molecule has 0 fully saturated rings. The summed E-state index contributed by atoms with van der Waals surface area (Å²) in [5.74, 6) is 0.219. The van der Waals surface area contributed by atoms with Gasteiger partial charge in [-0.25, -0.2) is 5.43 Å². The molecule has 1 heterocycles. The van der Waals surface area contributed by atoms with Crippen molar-refractivity contribution in [2.75, 3.05) is 6.61 Å². The monoisotopic (exact) mass is 321 g/mol. The van der Waals surface area contributed by atoms with Crippen LogP contribution < -0.4 is 10.2 Å². The summed E-state index contributed by atoms with van der Waals surface area (Å²) >= 11 is 0. The molecule has 0 aliphatic carbocycles. The van der Waals surface area contributed by atoms with Crippen LogP contribution in [0.4, 0.5) is 0 Å². The Morgan fingerprint density at radius 3 is 2.88 bits per heavy atom. The number of nitrogens with zero attached hydrogens (tertiary/aromatic N) is 2. The molecule has 2 N–H and O–H groups in total. The zero-order chi connectivity index (χ0) is 16.8. The van der Waals surface area contributed by atoms with Crippen molar-refractivity contribution in [3.05, 3.63) is 66.4 Å². The number of carbonyl (C=O) groups excluding carboxylic acids is 1. The Morgan fingerprint density at radius 2 is 2.00 bits per heavy atom. The molecule has 120 valence electrons. The highest BCUT2D eigenvalue weighted by molar-refractivity contribution is 5.86. The number of aromatic hydroxyl groups is 1. The minimum absolute atomic E-state index is 0.0913. The molecule has 3 rings (SSSR count). The number of rotatable bonds is 5. The van der Waals surface area contributed by atoms with Gasteiger partial charge in [-0.15, -0.1) is 0 Å². The fourth-order valence-electron chi connectivity index (χ4n) is 2.14. The summed E-state index contributed by atoms with van der Waals surface area (Å²) in [5, 5.41) is 14.3. The lowest BCUT2D eigenvalue weighted by atomic mass is 10.2. The molecule has 0 atom stereocenters. The van der Waals surface area contributed by atoms with Crippen molar-refractivity contribution in [3.8, 4) is 11.5 Å². The Balaban J connectivity index is 1.58. The number of phenolic OH excluding ortho intramolecular Hbond substituents is 1. The van der Waals surface area contributed by atoms with Crippen LogP contribution in [0.25, 0.3) is 10.9 Å². The predicted molar refractivity (Wildman–Crippen MR) is 91.1 cm³/mol. The number of amides is 1. The molecule has 3 aromatic rings. The van der Waals surface area contributed by atoms with E-state index in [4.69, 9.17) is 4.74 Å². The van der Waals surface area contributed by atoms with Gasteiger partial charge in [0.1, 0.15) is 17.0 Å². The van der Waals surface area contributed by atoms with E-state index < -0.39 is 5.91 Å². The number of para-hydroxylation sites is 2. The normalized spacial score (nSPS) is 10.8. The largest absolute Gasteiger partial charge is 0.507 e. The van der Waals surface area contributed by atoms with Crippen LogP contribution in [0, 0.1) is 0 Å². The SMILES string of the molecule is O=C(COc1cccc2cccnc12)NN=Cc1ccccc1O.